The average molecular weight is 313 g/mol. The van der Waals surface area contributed by atoms with E-state index in [1.807, 2.05) is 48.9 Å². The second-order valence-corrected chi connectivity index (χ2v) is 5.84. The third-order valence-corrected chi connectivity index (χ3v) is 3.90. The van der Waals surface area contributed by atoms with Crippen molar-refractivity contribution in [3.05, 3.63) is 52.0 Å². The molecule has 0 aliphatic heterocycles. The smallest absolute Gasteiger partial charge is 0.248 e. The number of carbonyl (C=O) groups is 1. The van der Waals surface area contributed by atoms with Crippen LogP contribution in [0.25, 0.3) is 11.5 Å². The number of aromatic nitrogens is 2. The van der Waals surface area contributed by atoms with E-state index in [0.29, 0.717) is 11.8 Å². The van der Waals surface area contributed by atoms with Crippen LogP contribution in [0.5, 0.6) is 0 Å². The van der Waals surface area contributed by atoms with E-state index in [-0.39, 0.29) is 12.3 Å². The Hall–Kier alpha value is -2.47. The fourth-order valence-electron chi connectivity index (χ4n) is 2.03. The van der Waals surface area contributed by atoms with Gasteiger partial charge in [-0.2, -0.15) is 11.3 Å². The van der Waals surface area contributed by atoms with Gasteiger partial charge in [0.25, 0.3) is 0 Å². The Morgan fingerprint density at radius 2 is 2.14 bits per heavy atom. The number of hydrogen-bond donors (Lipinski definition) is 1. The van der Waals surface area contributed by atoms with E-state index in [0.717, 1.165) is 22.4 Å². The molecular weight excluding hydrogens is 298 g/mol. The van der Waals surface area contributed by atoms with Gasteiger partial charge in [-0.15, -0.1) is 10.2 Å². The fraction of sp³-hybridized carbons (Fsp3) is 0.188. The van der Waals surface area contributed by atoms with Crippen molar-refractivity contribution in [3.63, 3.8) is 0 Å². The number of benzene rings is 1. The van der Waals surface area contributed by atoms with Gasteiger partial charge in [-0.1, -0.05) is 12.1 Å². The van der Waals surface area contributed by atoms with E-state index in [1.165, 1.54) is 0 Å². The molecule has 5 nitrogen and oxygen atoms in total. The summed E-state index contributed by atoms with van der Waals surface area (Å²) < 4.78 is 5.51. The topological polar surface area (TPSA) is 68.0 Å². The summed E-state index contributed by atoms with van der Waals surface area (Å²) in [5, 5.41) is 14.6. The Labute approximate surface area is 132 Å². The fourth-order valence-corrected chi connectivity index (χ4v) is 2.66. The molecule has 0 bridgehead atoms. The maximum Gasteiger partial charge on any atom is 0.248 e. The minimum Gasteiger partial charge on any atom is -0.420 e. The van der Waals surface area contributed by atoms with Crippen molar-refractivity contribution in [1.29, 1.82) is 0 Å². The van der Waals surface area contributed by atoms with Gasteiger partial charge in [0, 0.05) is 16.6 Å². The Morgan fingerprint density at radius 1 is 1.27 bits per heavy atom. The second kappa shape index (κ2) is 6.11. The highest BCUT2D eigenvalue weighted by molar-refractivity contribution is 7.08. The summed E-state index contributed by atoms with van der Waals surface area (Å²) in [5.74, 6) is 0.578. The van der Waals surface area contributed by atoms with E-state index in [9.17, 15) is 4.79 Å². The van der Waals surface area contributed by atoms with Crippen LogP contribution < -0.4 is 5.32 Å². The lowest BCUT2D eigenvalue weighted by atomic mass is 10.1. The Bertz CT molecular complexity index is 794. The van der Waals surface area contributed by atoms with Crippen molar-refractivity contribution in [3.8, 4) is 11.5 Å². The van der Waals surface area contributed by atoms with Gasteiger partial charge < -0.3 is 9.73 Å². The van der Waals surface area contributed by atoms with Crippen LogP contribution >= 0.6 is 11.3 Å². The average Bonchev–Trinajstić information content (AvgIpc) is 3.13. The van der Waals surface area contributed by atoms with Crippen molar-refractivity contribution in [2.45, 2.75) is 20.3 Å². The molecule has 22 heavy (non-hydrogen) atoms. The summed E-state index contributed by atoms with van der Waals surface area (Å²) in [5.41, 5.74) is 3.79. The largest absolute Gasteiger partial charge is 0.420 e. The number of hydrogen-bond acceptors (Lipinski definition) is 5. The van der Waals surface area contributed by atoms with Crippen molar-refractivity contribution in [2.24, 2.45) is 0 Å². The van der Waals surface area contributed by atoms with Gasteiger partial charge in [-0.3, -0.25) is 4.79 Å². The van der Waals surface area contributed by atoms with Crippen LogP contribution in [0.1, 0.15) is 17.0 Å². The number of carbonyl (C=O) groups excluding carboxylic acids is 1. The molecule has 0 unspecified atom stereocenters. The zero-order valence-electron chi connectivity index (χ0n) is 12.3. The second-order valence-electron chi connectivity index (χ2n) is 5.06. The molecular formula is C16H15N3O2S. The summed E-state index contributed by atoms with van der Waals surface area (Å²) in [6.07, 6.45) is 0.0600. The van der Waals surface area contributed by atoms with Crippen molar-refractivity contribution >= 4 is 22.9 Å². The summed E-state index contributed by atoms with van der Waals surface area (Å²) in [4.78, 5) is 12.1. The number of aryl methyl sites for hydroxylation is 2. The van der Waals surface area contributed by atoms with E-state index < -0.39 is 0 Å². The molecule has 0 aliphatic carbocycles. The normalized spacial score (nSPS) is 10.6. The van der Waals surface area contributed by atoms with Crippen LogP contribution in [0, 0.1) is 13.8 Å². The maximum atomic E-state index is 12.1. The molecule has 3 aromatic rings. The lowest BCUT2D eigenvalue weighted by molar-refractivity contribution is -0.115. The molecule has 0 saturated heterocycles. The summed E-state index contributed by atoms with van der Waals surface area (Å²) in [7, 11) is 0. The number of amides is 1. The highest BCUT2D eigenvalue weighted by atomic mass is 32.1. The number of nitrogens with one attached hydrogen (secondary N) is 1. The van der Waals surface area contributed by atoms with Crippen LogP contribution in [0.15, 0.2) is 39.4 Å². The lowest BCUT2D eigenvalue weighted by Gasteiger charge is -2.08. The third-order valence-electron chi connectivity index (χ3n) is 3.21. The molecule has 0 spiro atoms. The maximum absolute atomic E-state index is 12.1. The summed E-state index contributed by atoms with van der Waals surface area (Å²) >= 11 is 1.56. The number of nitrogens with zero attached hydrogens (tertiary/aromatic N) is 2. The van der Waals surface area contributed by atoms with Gasteiger partial charge >= 0.3 is 0 Å². The molecule has 6 heteroatoms. The number of thiophene rings is 1. The Kier molecular flexibility index (Phi) is 4.02. The first-order valence-electron chi connectivity index (χ1n) is 6.84. The molecule has 1 N–H and O–H groups in total. The quantitative estimate of drug-likeness (QED) is 0.799. The predicted octanol–water partition coefficient (Wildman–Crippen LogP) is 3.60. The van der Waals surface area contributed by atoms with E-state index >= 15 is 0 Å². The zero-order valence-corrected chi connectivity index (χ0v) is 13.1. The standard InChI is InChI=1S/C16H15N3O2S/c1-10-3-4-11(2)13(7-10)17-14(20)8-15-18-19-16(21-15)12-5-6-22-9-12/h3-7,9H,8H2,1-2H3,(H,17,20). The van der Waals surface area contributed by atoms with Crippen LogP contribution in [0.4, 0.5) is 5.69 Å². The Balaban J connectivity index is 1.68. The van der Waals surface area contributed by atoms with Gasteiger partial charge in [0.1, 0.15) is 6.42 Å². The van der Waals surface area contributed by atoms with Crippen LogP contribution in [0.3, 0.4) is 0 Å². The van der Waals surface area contributed by atoms with Crippen molar-refractivity contribution in [1.82, 2.24) is 10.2 Å². The molecule has 2 aromatic heterocycles. The summed E-state index contributed by atoms with van der Waals surface area (Å²) in [6, 6.07) is 7.83. The molecule has 1 aromatic carbocycles. The highest BCUT2D eigenvalue weighted by Crippen LogP contribution is 2.21. The molecule has 2 heterocycles. The van der Waals surface area contributed by atoms with E-state index in [4.69, 9.17) is 4.42 Å². The van der Waals surface area contributed by atoms with Gasteiger partial charge in [-0.25, -0.2) is 0 Å². The molecule has 1 amide bonds. The van der Waals surface area contributed by atoms with E-state index in [1.54, 1.807) is 11.3 Å². The van der Waals surface area contributed by atoms with E-state index in [2.05, 4.69) is 15.5 Å². The SMILES string of the molecule is Cc1ccc(C)c(NC(=O)Cc2nnc(-c3ccsc3)o2)c1. The summed E-state index contributed by atoms with van der Waals surface area (Å²) in [6.45, 7) is 3.94. The van der Waals surface area contributed by atoms with Gasteiger partial charge in [0.2, 0.25) is 17.7 Å². The number of anilines is 1. The monoisotopic (exact) mass is 313 g/mol. The Morgan fingerprint density at radius 3 is 2.91 bits per heavy atom. The zero-order chi connectivity index (χ0) is 15.5. The first kappa shape index (κ1) is 14.5. The molecule has 0 aliphatic rings. The van der Waals surface area contributed by atoms with Crippen LogP contribution in [-0.2, 0) is 11.2 Å². The molecule has 0 saturated carbocycles. The highest BCUT2D eigenvalue weighted by Gasteiger charge is 2.13. The molecule has 112 valence electrons. The van der Waals surface area contributed by atoms with Gasteiger partial charge in [0.05, 0.1) is 0 Å². The van der Waals surface area contributed by atoms with Crippen LogP contribution in [-0.4, -0.2) is 16.1 Å². The first-order valence-corrected chi connectivity index (χ1v) is 7.78. The van der Waals surface area contributed by atoms with Gasteiger partial charge in [0.15, 0.2) is 0 Å². The minimum absolute atomic E-state index is 0.0600. The van der Waals surface area contributed by atoms with Crippen molar-refractivity contribution in [2.75, 3.05) is 5.32 Å². The molecule has 0 fully saturated rings. The van der Waals surface area contributed by atoms with Crippen LogP contribution in [0.2, 0.25) is 0 Å². The minimum atomic E-state index is -0.172. The predicted molar refractivity (Wildman–Crippen MR) is 85.9 cm³/mol. The molecule has 0 radical (unpaired) electrons. The van der Waals surface area contributed by atoms with Crippen molar-refractivity contribution < 1.29 is 9.21 Å². The third kappa shape index (κ3) is 3.23. The molecule has 0 atom stereocenters. The number of rotatable bonds is 4. The first-order chi connectivity index (χ1) is 10.6. The van der Waals surface area contributed by atoms with Gasteiger partial charge in [-0.05, 0) is 42.5 Å². The molecule has 3 rings (SSSR count). The lowest BCUT2D eigenvalue weighted by Crippen LogP contribution is -2.15.